The van der Waals surface area contributed by atoms with Gasteiger partial charge in [0.1, 0.15) is 11.3 Å². The van der Waals surface area contributed by atoms with E-state index in [0.717, 1.165) is 24.9 Å². The minimum Gasteiger partial charge on any atom is -0.484 e. The van der Waals surface area contributed by atoms with Crippen molar-refractivity contribution in [3.05, 3.63) is 40.8 Å². The molecule has 6 nitrogen and oxygen atoms in total. The first-order valence-corrected chi connectivity index (χ1v) is 7.26. The number of likely N-dealkylation sites (N-methyl/N-ethyl adjacent to an activating group) is 1. The van der Waals surface area contributed by atoms with Gasteiger partial charge in [0.05, 0.1) is 0 Å². The number of carbonyl (C=O) groups excluding carboxylic acids is 1. The van der Waals surface area contributed by atoms with Crippen LogP contribution in [0.15, 0.2) is 39.5 Å². The Morgan fingerprint density at radius 1 is 1.41 bits per heavy atom. The molecular weight excluding hydrogens is 284 g/mol. The van der Waals surface area contributed by atoms with Crippen LogP contribution in [0.25, 0.3) is 11.0 Å². The quantitative estimate of drug-likeness (QED) is 0.853. The summed E-state index contributed by atoms with van der Waals surface area (Å²) in [5.74, 6) is 0.441. The van der Waals surface area contributed by atoms with Crippen LogP contribution in [-0.2, 0) is 4.79 Å². The number of amides is 1. The van der Waals surface area contributed by atoms with Gasteiger partial charge in [0, 0.05) is 37.2 Å². The molecule has 1 aliphatic rings. The first-order chi connectivity index (χ1) is 10.6. The lowest BCUT2D eigenvalue weighted by molar-refractivity contribution is -0.133. The van der Waals surface area contributed by atoms with Crippen LogP contribution in [0, 0.1) is 0 Å². The molecule has 0 bridgehead atoms. The van der Waals surface area contributed by atoms with Crippen molar-refractivity contribution in [3.63, 3.8) is 0 Å². The number of nitrogens with zero attached hydrogens (tertiary/aromatic N) is 1. The molecule has 0 spiro atoms. The molecule has 2 aromatic rings. The summed E-state index contributed by atoms with van der Waals surface area (Å²) < 4.78 is 10.6. The molecule has 3 rings (SSSR count). The Balaban J connectivity index is 1.65. The second-order valence-electron chi connectivity index (χ2n) is 5.39. The summed E-state index contributed by atoms with van der Waals surface area (Å²) in [5.41, 5.74) is 0.0417. The van der Waals surface area contributed by atoms with Crippen LogP contribution in [0.2, 0.25) is 0 Å². The second-order valence-corrected chi connectivity index (χ2v) is 5.39. The highest BCUT2D eigenvalue weighted by Gasteiger charge is 2.23. The fourth-order valence-electron chi connectivity index (χ4n) is 2.55. The highest BCUT2D eigenvalue weighted by Crippen LogP contribution is 2.19. The molecule has 116 valence electrons. The fourth-order valence-corrected chi connectivity index (χ4v) is 2.55. The van der Waals surface area contributed by atoms with Crippen LogP contribution in [0.5, 0.6) is 5.75 Å². The van der Waals surface area contributed by atoms with Gasteiger partial charge in [-0.15, -0.1) is 0 Å². The number of nitrogens with one attached hydrogen (secondary N) is 1. The molecule has 0 radical (unpaired) electrons. The van der Waals surface area contributed by atoms with E-state index in [1.165, 1.54) is 6.07 Å². The zero-order valence-electron chi connectivity index (χ0n) is 12.4. The summed E-state index contributed by atoms with van der Waals surface area (Å²) in [6, 6.07) is 8.47. The Morgan fingerprint density at radius 2 is 2.23 bits per heavy atom. The monoisotopic (exact) mass is 302 g/mol. The zero-order valence-corrected chi connectivity index (χ0v) is 12.4. The standard InChI is InChI=1S/C16H18N2O4/c1-18(12-6-7-17-9-12)15(19)10-21-13-4-2-11-3-5-16(20)22-14(11)8-13/h2-5,8,12,17H,6-7,9-10H2,1H3. The number of benzene rings is 1. The SMILES string of the molecule is CN(C(=O)COc1ccc2ccc(=O)oc2c1)C1CCNC1. The van der Waals surface area contributed by atoms with E-state index in [1.54, 1.807) is 36.2 Å². The van der Waals surface area contributed by atoms with Crippen LogP contribution in [0.4, 0.5) is 0 Å². The Labute approximate surface area is 127 Å². The van der Waals surface area contributed by atoms with Gasteiger partial charge in [0.2, 0.25) is 0 Å². The van der Waals surface area contributed by atoms with Gasteiger partial charge in [-0.05, 0) is 31.2 Å². The topological polar surface area (TPSA) is 71.8 Å². The van der Waals surface area contributed by atoms with Gasteiger partial charge in [-0.25, -0.2) is 4.79 Å². The van der Waals surface area contributed by atoms with Crippen molar-refractivity contribution in [1.82, 2.24) is 10.2 Å². The fraction of sp³-hybridized carbons (Fsp3) is 0.375. The summed E-state index contributed by atoms with van der Waals surface area (Å²) in [6.45, 7) is 1.73. The molecule has 0 aliphatic carbocycles. The van der Waals surface area contributed by atoms with E-state index in [9.17, 15) is 9.59 Å². The van der Waals surface area contributed by atoms with Crippen molar-refractivity contribution in [3.8, 4) is 5.75 Å². The zero-order chi connectivity index (χ0) is 15.5. The number of rotatable bonds is 4. The third-order valence-corrected chi connectivity index (χ3v) is 3.93. The molecule has 1 saturated heterocycles. The van der Waals surface area contributed by atoms with E-state index in [-0.39, 0.29) is 18.6 Å². The van der Waals surface area contributed by atoms with Gasteiger partial charge in [-0.2, -0.15) is 0 Å². The molecule has 6 heteroatoms. The van der Waals surface area contributed by atoms with Crippen molar-refractivity contribution in [2.45, 2.75) is 12.5 Å². The van der Waals surface area contributed by atoms with Crippen LogP contribution in [0.3, 0.4) is 0 Å². The smallest absolute Gasteiger partial charge is 0.336 e. The lowest BCUT2D eigenvalue weighted by atomic mass is 10.2. The highest BCUT2D eigenvalue weighted by molar-refractivity contribution is 5.79. The average molecular weight is 302 g/mol. The molecule has 1 atom stereocenters. The molecule has 22 heavy (non-hydrogen) atoms. The molecule has 1 aromatic carbocycles. The van der Waals surface area contributed by atoms with Crippen molar-refractivity contribution in [2.24, 2.45) is 0 Å². The van der Waals surface area contributed by atoms with Gasteiger partial charge < -0.3 is 19.4 Å². The number of fused-ring (bicyclic) bond motifs is 1. The first-order valence-electron chi connectivity index (χ1n) is 7.26. The van der Waals surface area contributed by atoms with E-state index in [1.807, 2.05) is 0 Å². The average Bonchev–Trinajstić information content (AvgIpc) is 3.05. The van der Waals surface area contributed by atoms with Gasteiger partial charge in [0.15, 0.2) is 6.61 Å². The Hall–Kier alpha value is -2.34. The predicted molar refractivity (Wildman–Crippen MR) is 82.0 cm³/mol. The van der Waals surface area contributed by atoms with Gasteiger partial charge in [0.25, 0.3) is 5.91 Å². The normalized spacial score (nSPS) is 17.6. The van der Waals surface area contributed by atoms with Crippen LogP contribution < -0.4 is 15.7 Å². The van der Waals surface area contributed by atoms with Gasteiger partial charge in [-0.1, -0.05) is 0 Å². The molecule has 1 aliphatic heterocycles. The molecule has 1 N–H and O–H groups in total. The third-order valence-electron chi connectivity index (χ3n) is 3.93. The van der Waals surface area contributed by atoms with Gasteiger partial charge >= 0.3 is 5.63 Å². The summed E-state index contributed by atoms with van der Waals surface area (Å²) in [4.78, 5) is 25.1. The minimum absolute atomic E-state index is 0.0322. The molecule has 1 fully saturated rings. The summed E-state index contributed by atoms with van der Waals surface area (Å²) in [7, 11) is 1.79. The largest absolute Gasteiger partial charge is 0.484 e. The summed E-state index contributed by atoms with van der Waals surface area (Å²) in [5, 5.41) is 4.04. The van der Waals surface area contributed by atoms with Crippen molar-refractivity contribution >= 4 is 16.9 Å². The number of carbonyl (C=O) groups is 1. The summed E-state index contributed by atoms with van der Waals surface area (Å²) >= 11 is 0. The van der Waals surface area contributed by atoms with Crippen molar-refractivity contribution < 1.29 is 13.9 Å². The van der Waals surface area contributed by atoms with Crippen LogP contribution >= 0.6 is 0 Å². The molecular formula is C16H18N2O4. The first kappa shape index (κ1) is 14.6. The van der Waals surface area contributed by atoms with E-state index in [2.05, 4.69) is 5.32 Å². The maximum absolute atomic E-state index is 12.1. The Morgan fingerprint density at radius 3 is 3.00 bits per heavy atom. The van der Waals surface area contributed by atoms with E-state index in [4.69, 9.17) is 9.15 Å². The maximum Gasteiger partial charge on any atom is 0.336 e. The van der Waals surface area contributed by atoms with Crippen LogP contribution in [-0.4, -0.2) is 43.6 Å². The van der Waals surface area contributed by atoms with Crippen molar-refractivity contribution in [1.29, 1.82) is 0 Å². The number of ether oxygens (including phenoxy) is 1. The highest BCUT2D eigenvalue weighted by atomic mass is 16.5. The van der Waals surface area contributed by atoms with E-state index < -0.39 is 5.63 Å². The lowest BCUT2D eigenvalue weighted by Gasteiger charge is -2.23. The van der Waals surface area contributed by atoms with E-state index >= 15 is 0 Å². The predicted octanol–water partition coefficient (Wildman–Crippen LogP) is 0.992. The second kappa shape index (κ2) is 6.19. The molecule has 0 saturated carbocycles. The Bertz CT molecular complexity index is 734. The number of hydrogen-bond donors (Lipinski definition) is 1. The third kappa shape index (κ3) is 3.12. The number of hydrogen-bond acceptors (Lipinski definition) is 5. The minimum atomic E-state index is -0.408. The lowest BCUT2D eigenvalue weighted by Crippen LogP contribution is -2.40. The summed E-state index contributed by atoms with van der Waals surface area (Å²) in [6.07, 6.45) is 0.962. The van der Waals surface area contributed by atoms with Crippen LogP contribution in [0.1, 0.15) is 6.42 Å². The molecule has 2 heterocycles. The molecule has 1 aromatic heterocycles. The van der Waals surface area contributed by atoms with E-state index in [0.29, 0.717) is 11.3 Å². The maximum atomic E-state index is 12.1. The Kier molecular flexibility index (Phi) is 4.11. The van der Waals surface area contributed by atoms with Gasteiger partial charge in [-0.3, -0.25) is 4.79 Å². The van der Waals surface area contributed by atoms with Crippen molar-refractivity contribution in [2.75, 3.05) is 26.7 Å². The molecule has 1 amide bonds. The molecule has 1 unspecified atom stereocenters.